The summed E-state index contributed by atoms with van der Waals surface area (Å²) in [6.07, 6.45) is 4.77. The second kappa shape index (κ2) is 5.53. The van der Waals surface area contributed by atoms with Gasteiger partial charge in [-0.2, -0.15) is 5.10 Å². The molecular formula is C17H17N3O3. The highest BCUT2D eigenvalue weighted by Gasteiger charge is 2.19. The molecule has 1 aromatic carbocycles. The molecule has 0 bridgehead atoms. The predicted octanol–water partition coefficient (Wildman–Crippen LogP) is 2.16. The first-order valence-electron chi connectivity index (χ1n) is 7.89. The molecule has 1 fully saturated rings. The number of amides is 1. The van der Waals surface area contributed by atoms with Gasteiger partial charge in [0, 0.05) is 18.5 Å². The van der Waals surface area contributed by atoms with E-state index in [0.717, 1.165) is 31.3 Å². The number of para-hydroxylation sites is 1. The van der Waals surface area contributed by atoms with Crippen molar-refractivity contribution >= 4 is 27.8 Å². The minimum atomic E-state index is -0.421. The van der Waals surface area contributed by atoms with Gasteiger partial charge in [-0.15, -0.1) is 0 Å². The van der Waals surface area contributed by atoms with E-state index >= 15 is 0 Å². The molecule has 1 aliphatic rings. The van der Waals surface area contributed by atoms with Gasteiger partial charge in [0.1, 0.15) is 17.5 Å². The molecule has 1 saturated heterocycles. The maximum Gasteiger partial charge on any atom is 0.347 e. The van der Waals surface area contributed by atoms with E-state index in [-0.39, 0.29) is 12.5 Å². The summed E-state index contributed by atoms with van der Waals surface area (Å²) >= 11 is 0. The van der Waals surface area contributed by atoms with E-state index in [1.807, 2.05) is 23.1 Å². The van der Waals surface area contributed by atoms with Gasteiger partial charge in [0.05, 0.1) is 11.7 Å². The maximum atomic E-state index is 12.5. The first-order valence-corrected chi connectivity index (χ1v) is 7.89. The quantitative estimate of drug-likeness (QED) is 0.680. The zero-order valence-corrected chi connectivity index (χ0v) is 12.7. The number of piperidine rings is 1. The number of fused-ring (bicyclic) bond motifs is 3. The van der Waals surface area contributed by atoms with Gasteiger partial charge >= 0.3 is 5.63 Å². The van der Waals surface area contributed by atoms with Crippen LogP contribution in [-0.2, 0) is 11.3 Å². The molecule has 1 amide bonds. The predicted molar refractivity (Wildman–Crippen MR) is 86.2 cm³/mol. The molecular weight excluding hydrogens is 294 g/mol. The Morgan fingerprint density at radius 3 is 2.74 bits per heavy atom. The van der Waals surface area contributed by atoms with Crippen LogP contribution in [0, 0.1) is 0 Å². The fourth-order valence-corrected chi connectivity index (χ4v) is 3.22. The molecule has 3 aromatic rings. The summed E-state index contributed by atoms with van der Waals surface area (Å²) in [5, 5.41) is 5.46. The highest BCUT2D eigenvalue weighted by Crippen LogP contribution is 2.22. The zero-order chi connectivity index (χ0) is 15.8. The Morgan fingerprint density at radius 1 is 1.13 bits per heavy atom. The van der Waals surface area contributed by atoms with Crippen LogP contribution in [0.3, 0.4) is 0 Å². The summed E-state index contributed by atoms with van der Waals surface area (Å²) < 4.78 is 6.92. The number of aromatic nitrogens is 2. The number of likely N-dealkylation sites (tertiary alicyclic amines) is 1. The van der Waals surface area contributed by atoms with Crippen LogP contribution in [0.25, 0.3) is 21.9 Å². The van der Waals surface area contributed by atoms with Gasteiger partial charge < -0.3 is 9.32 Å². The zero-order valence-electron chi connectivity index (χ0n) is 12.7. The van der Waals surface area contributed by atoms with Crippen LogP contribution in [0.5, 0.6) is 0 Å². The lowest BCUT2D eigenvalue weighted by Crippen LogP contribution is -2.37. The largest absolute Gasteiger partial charge is 0.422 e. The van der Waals surface area contributed by atoms with Crippen molar-refractivity contribution in [3.05, 3.63) is 40.9 Å². The van der Waals surface area contributed by atoms with E-state index in [4.69, 9.17) is 4.42 Å². The van der Waals surface area contributed by atoms with Crippen LogP contribution in [0.1, 0.15) is 19.3 Å². The van der Waals surface area contributed by atoms with Crippen molar-refractivity contribution in [2.45, 2.75) is 25.8 Å². The molecule has 4 rings (SSSR count). The molecule has 6 nitrogen and oxygen atoms in total. The summed E-state index contributed by atoms with van der Waals surface area (Å²) in [6, 6.07) is 7.33. The fourth-order valence-electron chi connectivity index (χ4n) is 3.22. The van der Waals surface area contributed by atoms with Crippen LogP contribution in [0.4, 0.5) is 0 Å². The standard InChI is InChI=1S/C17H17N3O3/c21-15(19-8-4-1-5-9-19)11-20-16-12-6-2-3-7-14(12)23-17(22)13(16)10-18-20/h2-3,6-7,10H,1,4-5,8-9,11H2. The summed E-state index contributed by atoms with van der Waals surface area (Å²) in [5.74, 6) is 0.0482. The van der Waals surface area contributed by atoms with E-state index in [0.29, 0.717) is 16.5 Å². The third kappa shape index (κ3) is 2.40. The minimum absolute atomic E-state index is 0.0482. The van der Waals surface area contributed by atoms with Crippen molar-refractivity contribution in [1.82, 2.24) is 14.7 Å². The number of hydrogen-bond acceptors (Lipinski definition) is 4. The second-order valence-corrected chi connectivity index (χ2v) is 5.89. The van der Waals surface area contributed by atoms with Gasteiger partial charge in [0.2, 0.25) is 5.91 Å². The van der Waals surface area contributed by atoms with Crippen molar-refractivity contribution in [2.24, 2.45) is 0 Å². The Labute approximate surface area is 132 Å². The minimum Gasteiger partial charge on any atom is -0.422 e. The van der Waals surface area contributed by atoms with E-state index in [9.17, 15) is 9.59 Å². The molecule has 0 saturated carbocycles. The second-order valence-electron chi connectivity index (χ2n) is 5.89. The molecule has 0 N–H and O–H groups in total. The van der Waals surface area contributed by atoms with E-state index < -0.39 is 5.63 Å². The van der Waals surface area contributed by atoms with Crippen molar-refractivity contribution in [3.63, 3.8) is 0 Å². The molecule has 0 radical (unpaired) electrons. The van der Waals surface area contributed by atoms with Crippen molar-refractivity contribution < 1.29 is 9.21 Å². The highest BCUT2D eigenvalue weighted by atomic mass is 16.4. The number of carbonyl (C=O) groups excluding carboxylic acids is 1. The van der Waals surface area contributed by atoms with Gasteiger partial charge in [-0.3, -0.25) is 9.48 Å². The van der Waals surface area contributed by atoms with Gasteiger partial charge in [-0.1, -0.05) is 12.1 Å². The third-order valence-electron chi connectivity index (χ3n) is 4.40. The normalized spacial score (nSPS) is 15.4. The van der Waals surface area contributed by atoms with Gasteiger partial charge in [-0.05, 0) is 31.4 Å². The Morgan fingerprint density at radius 2 is 1.91 bits per heavy atom. The number of hydrogen-bond donors (Lipinski definition) is 0. The van der Waals surface area contributed by atoms with Crippen LogP contribution in [0.2, 0.25) is 0 Å². The summed E-state index contributed by atoms with van der Waals surface area (Å²) in [6.45, 7) is 1.76. The number of nitrogens with zero attached hydrogens (tertiary/aromatic N) is 3. The molecule has 6 heteroatoms. The lowest BCUT2D eigenvalue weighted by atomic mass is 10.1. The molecule has 0 spiro atoms. The lowest BCUT2D eigenvalue weighted by Gasteiger charge is -2.26. The number of carbonyl (C=O) groups is 1. The number of rotatable bonds is 2. The average Bonchev–Trinajstić information content (AvgIpc) is 3.00. The summed E-state index contributed by atoms with van der Waals surface area (Å²) in [4.78, 5) is 26.5. The van der Waals surface area contributed by atoms with Crippen LogP contribution < -0.4 is 5.63 Å². The topological polar surface area (TPSA) is 68.3 Å². The highest BCUT2D eigenvalue weighted by molar-refractivity contribution is 6.02. The molecule has 0 aliphatic carbocycles. The number of benzene rings is 1. The Kier molecular flexibility index (Phi) is 3.37. The van der Waals surface area contributed by atoms with Crippen molar-refractivity contribution in [1.29, 1.82) is 0 Å². The molecule has 1 aliphatic heterocycles. The average molecular weight is 311 g/mol. The Bertz CT molecular complexity index is 935. The molecule has 0 unspecified atom stereocenters. The van der Waals surface area contributed by atoms with E-state index in [2.05, 4.69) is 5.10 Å². The Balaban J connectivity index is 1.78. The summed E-state index contributed by atoms with van der Waals surface area (Å²) in [7, 11) is 0. The van der Waals surface area contributed by atoms with Crippen LogP contribution in [0.15, 0.2) is 39.7 Å². The maximum absolute atomic E-state index is 12.5. The van der Waals surface area contributed by atoms with Gasteiger partial charge in [0.15, 0.2) is 0 Å². The first kappa shape index (κ1) is 14.0. The van der Waals surface area contributed by atoms with E-state index in [1.165, 1.54) is 12.6 Å². The molecule has 2 aromatic heterocycles. The van der Waals surface area contributed by atoms with E-state index in [1.54, 1.807) is 10.7 Å². The lowest BCUT2D eigenvalue weighted by molar-refractivity contribution is -0.132. The fraction of sp³-hybridized carbons (Fsp3) is 0.353. The molecule has 3 heterocycles. The van der Waals surface area contributed by atoms with Gasteiger partial charge in [-0.25, -0.2) is 4.79 Å². The van der Waals surface area contributed by atoms with Gasteiger partial charge in [0.25, 0.3) is 0 Å². The summed E-state index contributed by atoms with van der Waals surface area (Å²) in [5.41, 5.74) is 0.759. The Hall–Kier alpha value is -2.63. The molecule has 0 atom stereocenters. The third-order valence-corrected chi connectivity index (χ3v) is 4.40. The smallest absolute Gasteiger partial charge is 0.347 e. The van der Waals surface area contributed by atoms with Crippen molar-refractivity contribution in [3.8, 4) is 0 Å². The van der Waals surface area contributed by atoms with Crippen LogP contribution in [-0.4, -0.2) is 33.7 Å². The molecule has 118 valence electrons. The van der Waals surface area contributed by atoms with Crippen LogP contribution >= 0.6 is 0 Å². The monoisotopic (exact) mass is 311 g/mol. The molecule has 23 heavy (non-hydrogen) atoms. The first-order chi connectivity index (χ1) is 11.2. The SMILES string of the molecule is O=C(Cn1ncc2c(=O)oc3ccccc3c21)N1CCCCC1. The van der Waals surface area contributed by atoms with Crippen molar-refractivity contribution in [2.75, 3.05) is 13.1 Å².